The van der Waals surface area contributed by atoms with Crippen molar-refractivity contribution in [2.75, 3.05) is 11.9 Å². The molecule has 4 heteroatoms. The summed E-state index contributed by atoms with van der Waals surface area (Å²) in [4.78, 5) is 14.4. The van der Waals surface area contributed by atoms with Gasteiger partial charge in [0.05, 0.1) is 12.1 Å². The predicted octanol–water partition coefficient (Wildman–Crippen LogP) is 4.87. The molecule has 4 rings (SSSR count). The number of carbonyl (C=O) groups excluding carboxylic acids is 1. The third-order valence-corrected chi connectivity index (χ3v) is 5.37. The first-order chi connectivity index (χ1) is 11.6. The third-order valence-electron chi connectivity index (χ3n) is 5.11. The van der Waals surface area contributed by atoms with Gasteiger partial charge in [-0.15, -0.1) is 0 Å². The van der Waals surface area contributed by atoms with Crippen molar-refractivity contribution in [2.45, 2.75) is 38.3 Å². The number of halogens is 1. The number of hydrogen-bond acceptors (Lipinski definition) is 2. The van der Waals surface area contributed by atoms with E-state index in [9.17, 15) is 4.79 Å². The number of hydrogen-bond donors (Lipinski definition) is 1. The Bertz CT molecular complexity index is 772. The zero-order valence-corrected chi connectivity index (χ0v) is 14.5. The van der Waals surface area contributed by atoms with E-state index in [0.717, 1.165) is 30.1 Å². The predicted molar refractivity (Wildman–Crippen MR) is 97.3 cm³/mol. The molecule has 0 saturated carbocycles. The Morgan fingerprint density at radius 2 is 1.96 bits per heavy atom. The molecule has 3 nitrogen and oxygen atoms in total. The van der Waals surface area contributed by atoms with Gasteiger partial charge in [-0.2, -0.15) is 0 Å². The fourth-order valence-electron chi connectivity index (χ4n) is 3.89. The smallest absolute Gasteiger partial charge is 0.223 e. The van der Waals surface area contributed by atoms with Crippen molar-refractivity contribution in [1.82, 2.24) is 4.90 Å². The minimum Gasteiger partial charge on any atom is -0.378 e. The molecular formula is C20H21ClN2O. The van der Waals surface area contributed by atoms with Crippen LogP contribution in [-0.2, 0) is 4.79 Å². The van der Waals surface area contributed by atoms with Gasteiger partial charge < -0.3 is 10.2 Å². The Balaban J connectivity index is 1.73. The maximum atomic E-state index is 12.3. The number of carbonyl (C=O) groups is 1. The first-order valence-corrected chi connectivity index (χ1v) is 8.91. The standard InChI is InChI=1S/C20H21ClN2O/c1-13-4-9-17-16(11-13)19(23-10-2-3-20(23)24)12-18(22-17)14-5-7-15(21)8-6-14/h4-9,11,18-19,22H,2-3,10,12H2,1H3. The average molecular weight is 341 g/mol. The number of aryl methyl sites for hydroxylation is 1. The van der Waals surface area contributed by atoms with Crippen LogP contribution in [0.2, 0.25) is 5.02 Å². The van der Waals surface area contributed by atoms with Gasteiger partial charge in [0.2, 0.25) is 5.91 Å². The summed E-state index contributed by atoms with van der Waals surface area (Å²) in [5, 5.41) is 4.39. The van der Waals surface area contributed by atoms with Crippen LogP contribution < -0.4 is 5.32 Å². The molecule has 0 radical (unpaired) electrons. The Kier molecular flexibility index (Phi) is 3.97. The van der Waals surface area contributed by atoms with Crippen LogP contribution in [0.25, 0.3) is 0 Å². The summed E-state index contributed by atoms with van der Waals surface area (Å²) in [6, 6.07) is 14.8. The van der Waals surface area contributed by atoms with Gasteiger partial charge in [-0.05, 0) is 49.1 Å². The SMILES string of the molecule is Cc1ccc2c(c1)C(N1CCCC1=O)CC(c1ccc(Cl)cc1)N2. The minimum absolute atomic E-state index is 0.150. The summed E-state index contributed by atoms with van der Waals surface area (Å²) in [6.07, 6.45) is 2.54. The van der Waals surface area contributed by atoms with Crippen molar-refractivity contribution in [2.24, 2.45) is 0 Å². The maximum absolute atomic E-state index is 12.3. The van der Waals surface area contributed by atoms with E-state index >= 15 is 0 Å². The second-order valence-electron chi connectivity index (χ2n) is 6.78. The van der Waals surface area contributed by atoms with Gasteiger partial charge in [-0.3, -0.25) is 4.79 Å². The van der Waals surface area contributed by atoms with Gasteiger partial charge in [0, 0.05) is 23.7 Å². The summed E-state index contributed by atoms with van der Waals surface area (Å²) in [5.74, 6) is 0.282. The van der Waals surface area contributed by atoms with E-state index in [1.165, 1.54) is 16.7 Å². The maximum Gasteiger partial charge on any atom is 0.223 e. The number of likely N-dealkylation sites (tertiary alicyclic amines) is 1. The molecular weight excluding hydrogens is 320 g/mol. The number of nitrogens with zero attached hydrogens (tertiary/aromatic N) is 1. The molecule has 2 aromatic rings. The zero-order chi connectivity index (χ0) is 16.7. The van der Waals surface area contributed by atoms with Crippen LogP contribution >= 0.6 is 11.6 Å². The van der Waals surface area contributed by atoms with Crippen molar-refractivity contribution in [3.63, 3.8) is 0 Å². The summed E-state index contributed by atoms with van der Waals surface area (Å²) in [6.45, 7) is 2.97. The van der Waals surface area contributed by atoms with Crippen LogP contribution in [0.4, 0.5) is 5.69 Å². The zero-order valence-electron chi connectivity index (χ0n) is 13.8. The van der Waals surface area contributed by atoms with E-state index in [4.69, 9.17) is 11.6 Å². The largest absolute Gasteiger partial charge is 0.378 e. The number of anilines is 1. The topological polar surface area (TPSA) is 32.3 Å². The second kappa shape index (κ2) is 6.14. The summed E-state index contributed by atoms with van der Waals surface area (Å²) in [7, 11) is 0. The van der Waals surface area contributed by atoms with Crippen molar-refractivity contribution < 1.29 is 4.79 Å². The molecule has 2 aromatic carbocycles. The van der Waals surface area contributed by atoms with Gasteiger partial charge in [0.15, 0.2) is 0 Å². The van der Waals surface area contributed by atoms with E-state index in [2.05, 4.69) is 47.5 Å². The molecule has 1 saturated heterocycles. The Labute approximate surface area is 147 Å². The van der Waals surface area contributed by atoms with E-state index in [0.29, 0.717) is 6.42 Å². The second-order valence-corrected chi connectivity index (χ2v) is 7.22. The van der Waals surface area contributed by atoms with Crippen molar-refractivity contribution in [1.29, 1.82) is 0 Å². The first-order valence-electron chi connectivity index (χ1n) is 8.54. The molecule has 0 aromatic heterocycles. The molecule has 1 N–H and O–H groups in total. The quantitative estimate of drug-likeness (QED) is 0.846. The van der Waals surface area contributed by atoms with Crippen molar-refractivity contribution in [3.8, 4) is 0 Å². The fraction of sp³-hybridized carbons (Fsp3) is 0.350. The summed E-state index contributed by atoms with van der Waals surface area (Å²) in [5.41, 5.74) is 4.83. The Morgan fingerprint density at radius 3 is 2.67 bits per heavy atom. The van der Waals surface area contributed by atoms with E-state index < -0.39 is 0 Å². The lowest BCUT2D eigenvalue weighted by atomic mass is 9.87. The highest BCUT2D eigenvalue weighted by atomic mass is 35.5. The number of benzene rings is 2. The first kappa shape index (κ1) is 15.5. The normalized spacial score (nSPS) is 23.1. The number of fused-ring (bicyclic) bond motifs is 1. The van der Waals surface area contributed by atoms with E-state index in [1.54, 1.807) is 0 Å². The molecule has 0 bridgehead atoms. The van der Waals surface area contributed by atoms with Gasteiger partial charge in [0.25, 0.3) is 0 Å². The molecule has 24 heavy (non-hydrogen) atoms. The highest BCUT2D eigenvalue weighted by molar-refractivity contribution is 6.30. The van der Waals surface area contributed by atoms with Crippen LogP contribution in [0.15, 0.2) is 42.5 Å². The molecule has 2 aliphatic rings. The lowest BCUT2D eigenvalue weighted by Crippen LogP contribution is -2.35. The Hall–Kier alpha value is -2.00. The summed E-state index contributed by atoms with van der Waals surface area (Å²) < 4.78 is 0. The molecule has 1 amide bonds. The molecule has 1 fully saturated rings. The van der Waals surface area contributed by atoms with Gasteiger partial charge in [0.1, 0.15) is 0 Å². The highest BCUT2D eigenvalue weighted by Crippen LogP contribution is 2.43. The molecule has 124 valence electrons. The molecule has 2 atom stereocenters. The lowest BCUT2D eigenvalue weighted by Gasteiger charge is -2.38. The van der Waals surface area contributed by atoms with Crippen LogP contribution in [-0.4, -0.2) is 17.4 Å². The van der Waals surface area contributed by atoms with Crippen LogP contribution in [0.5, 0.6) is 0 Å². The van der Waals surface area contributed by atoms with E-state index in [-0.39, 0.29) is 18.0 Å². The molecule has 0 aliphatic carbocycles. The number of nitrogens with one attached hydrogen (secondary N) is 1. The minimum atomic E-state index is 0.150. The van der Waals surface area contributed by atoms with Crippen molar-refractivity contribution in [3.05, 3.63) is 64.2 Å². The monoisotopic (exact) mass is 340 g/mol. The van der Waals surface area contributed by atoms with Crippen LogP contribution in [0, 0.1) is 6.92 Å². The summed E-state index contributed by atoms with van der Waals surface area (Å²) >= 11 is 6.03. The molecule has 2 aliphatic heterocycles. The number of amides is 1. The number of rotatable bonds is 2. The van der Waals surface area contributed by atoms with Gasteiger partial charge in [-0.25, -0.2) is 0 Å². The van der Waals surface area contributed by atoms with E-state index in [1.807, 2.05) is 12.1 Å². The van der Waals surface area contributed by atoms with Crippen LogP contribution in [0.1, 0.15) is 48.0 Å². The lowest BCUT2D eigenvalue weighted by molar-refractivity contribution is -0.130. The third kappa shape index (κ3) is 2.78. The van der Waals surface area contributed by atoms with Gasteiger partial charge in [-0.1, -0.05) is 41.4 Å². The average Bonchev–Trinajstić information content (AvgIpc) is 3.00. The van der Waals surface area contributed by atoms with Gasteiger partial charge >= 0.3 is 0 Å². The Morgan fingerprint density at radius 1 is 1.17 bits per heavy atom. The molecule has 0 spiro atoms. The highest BCUT2D eigenvalue weighted by Gasteiger charge is 2.35. The molecule has 2 heterocycles. The van der Waals surface area contributed by atoms with Crippen LogP contribution in [0.3, 0.4) is 0 Å². The molecule has 2 unspecified atom stereocenters. The van der Waals surface area contributed by atoms with Crippen molar-refractivity contribution >= 4 is 23.2 Å². The fourth-order valence-corrected chi connectivity index (χ4v) is 4.02.